The van der Waals surface area contributed by atoms with Crippen LogP contribution in [0.1, 0.15) is 22.3 Å². The van der Waals surface area contributed by atoms with Gasteiger partial charge in [-0.25, -0.2) is 4.98 Å². The Morgan fingerprint density at radius 1 is 0.784 bits per heavy atom. The SMILES string of the molecule is Cc1ccccc1C(=O)NCCCSc1nc(-c2ccccc2)c(-c2ccccc2)n1-c1ccccc1. The Morgan fingerprint density at radius 3 is 2.05 bits per heavy atom. The van der Waals surface area contributed by atoms with E-state index in [2.05, 4.69) is 82.7 Å². The number of aryl methyl sites for hydroxylation is 1. The van der Waals surface area contributed by atoms with Crippen LogP contribution in [0.3, 0.4) is 0 Å². The molecule has 0 saturated heterocycles. The summed E-state index contributed by atoms with van der Waals surface area (Å²) in [7, 11) is 0. The third kappa shape index (κ3) is 5.68. The highest BCUT2D eigenvalue weighted by atomic mass is 32.2. The van der Waals surface area contributed by atoms with Gasteiger partial charge in [-0.05, 0) is 37.1 Å². The zero-order chi connectivity index (χ0) is 25.5. The second-order valence-electron chi connectivity index (χ2n) is 8.77. The molecule has 4 nitrogen and oxygen atoms in total. The zero-order valence-corrected chi connectivity index (χ0v) is 21.6. The van der Waals surface area contributed by atoms with E-state index in [4.69, 9.17) is 4.98 Å². The number of hydrogen-bond donors (Lipinski definition) is 1. The van der Waals surface area contributed by atoms with Crippen molar-refractivity contribution >= 4 is 17.7 Å². The number of thioether (sulfide) groups is 1. The number of hydrogen-bond acceptors (Lipinski definition) is 3. The number of benzene rings is 4. The Bertz CT molecular complexity index is 1460. The fourth-order valence-electron chi connectivity index (χ4n) is 4.33. The molecule has 0 aliphatic rings. The van der Waals surface area contributed by atoms with Gasteiger partial charge in [-0.15, -0.1) is 0 Å². The molecule has 0 saturated carbocycles. The van der Waals surface area contributed by atoms with Gasteiger partial charge in [0, 0.05) is 34.7 Å². The van der Waals surface area contributed by atoms with Crippen LogP contribution in [0.25, 0.3) is 28.2 Å². The summed E-state index contributed by atoms with van der Waals surface area (Å²) >= 11 is 1.72. The molecular formula is C32H29N3OS. The molecular weight excluding hydrogens is 474 g/mol. The van der Waals surface area contributed by atoms with Crippen LogP contribution in [-0.4, -0.2) is 27.8 Å². The van der Waals surface area contributed by atoms with Crippen molar-refractivity contribution in [2.24, 2.45) is 0 Å². The summed E-state index contributed by atoms with van der Waals surface area (Å²) in [6.45, 7) is 2.58. The van der Waals surface area contributed by atoms with Gasteiger partial charge in [-0.2, -0.15) is 0 Å². The lowest BCUT2D eigenvalue weighted by Crippen LogP contribution is -2.25. The number of para-hydroxylation sites is 1. The van der Waals surface area contributed by atoms with Crippen LogP contribution in [0.15, 0.2) is 120 Å². The van der Waals surface area contributed by atoms with E-state index in [0.29, 0.717) is 6.54 Å². The van der Waals surface area contributed by atoms with Crippen LogP contribution < -0.4 is 5.32 Å². The van der Waals surface area contributed by atoms with Crippen molar-refractivity contribution in [3.05, 3.63) is 126 Å². The van der Waals surface area contributed by atoms with Crippen molar-refractivity contribution in [2.75, 3.05) is 12.3 Å². The average molecular weight is 504 g/mol. The molecule has 5 heteroatoms. The third-order valence-corrected chi connectivity index (χ3v) is 7.21. The Labute approximate surface area is 222 Å². The van der Waals surface area contributed by atoms with Gasteiger partial charge in [0.1, 0.15) is 0 Å². The molecule has 1 aromatic heterocycles. The van der Waals surface area contributed by atoms with E-state index < -0.39 is 0 Å². The first-order valence-corrected chi connectivity index (χ1v) is 13.5. The summed E-state index contributed by atoms with van der Waals surface area (Å²) in [6.07, 6.45) is 0.839. The average Bonchev–Trinajstić information content (AvgIpc) is 3.34. The number of aromatic nitrogens is 2. The molecule has 5 rings (SSSR count). The van der Waals surface area contributed by atoms with Gasteiger partial charge in [0.25, 0.3) is 5.91 Å². The summed E-state index contributed by atoms with van der Waals surface area (Å²) in [5, 5.41) is 4.00. The molecule has 0 unspecified atom stereocenters. The molecule has 0 fully saturated rings. The molecule has 184 valence electrons. The van der Waals surface area contributed by atoms with Crippen molar-refractivity contribution in [1.29, 1.82) is 0 Å². The van der Waals surface area contributed by atoms with E-state index in [9.17, 15) is 4.79 Å². The van der Waals surface area contributed by atoms with Crippen molar-refractivity contribution < 1.29 is 4.79 Å². The Balaban J connectivity index is 1.41. The number of nitrogens with zero attached hydrogens (tertiary/aromatic N) is 2. The molecule has 1 heterocycles. The predicted octanol–water partition coefficient (Wildman–Crippen LogP) is 7.43. The molecule has 0 bridgehead atoms. The first-order chi connectivity index (χ1) is 18.2. The molecule has 37 heavy (non-hydrogen) atoms. The highest BCUT2D eigenvalue weighted by Gasteiger charge is 2.21. The normalized spacial score (nSPS) is 10.8. The summed E-state index contributed by atoms with van der Waals surface area (Å²) in [5.74, 6) is 0.812. The quantitative estimate of drug-likeness (QED) is 0.168. The van der Waals surface area contributed by atoms with E-state index in [1.807, 2.05) is 49.4 Å². The Kier molecular flexibility index (Phi) is 7.82. The van der Waals surface area contributed by atoms with E-state index >= 15 is 0 Å². The highest BCUT2D eigenvalue weighted by molar-refractivity contribution is 7.99. The number of nitrogens with one attached hydrogen (secondary N) is 1. The molecule has 0 aliphatic carbocycles. The highest BCUT2D eigenvalue weighted by Crippen LogP contribution is 2.38. The first kappa shape index (κ1) is 24.6. The van der Waals surface area contributed by atoms with Crippen molar-refractivity contribution in [1.82, 2.24) is 14.9 Å². The minimum Gasteiger partial charge on any atom is -0.352 e. The smallest absolute Gasteiger partial charge is 0.251 e. The van der Waals surface area contributed by atoms with E-state index in [0.717, 1.165) is 56.7 Å². The van der Waals surface area contributed by atoms with Crippen LogP contribution in [0, 0.1) is 6.92 Å². The van der Waals surface area contributed by atoms with Gasteiger partial charge in [0.2, 0.25) is 0 Å². The largest absolute Gasteiger partial charge is 0.352 e. The molecule has 0 atom stereocenters. The molecule has 0 radical (unpaired) electrons. The minimum absolute atomic E-state index is 0.0217. The molecule has 1 N–H and O–H groups in total. The lowest BCUT2D eigenvalue weighted by Gasteiger charge is -2.13. The summed E-state index contributed by atoms with van der Waals surface area (Å²) in [4.78, 5) is 17.7. The molecule has 0 aliphatic heterocycles. The standard InChI is InChI=1S/C32H29N3OS/c1-24-14-11-12-21-28(24)31(36)33-22-13-23-37-32-34-29(25-15-5-2-6-16-25)30(26-17-7-3-8-18-26)35(32)27-19-9-4-10-20-27/h2-12,14-21H,13,22-23H2,1H3,(H,33,36). The van der Waals surface area contributed by atoms with Gasteiger partial charge in [0.05, 0.1) is 11.4 Å². The maximum Gasteiger partial charge on any atom is 0.251 e. The number of rotatable bonds is 9. The van der Waals surface area contributed by atoms with Gasteiger partial charge in [-0.3, -0.25) is 9.36 Å². The third-order valence-electron chi connectivity index (χ3n) is 6.18. The fourth-order valence-corrected chi connectivity index (χ4v) is 5.29. The van der Waals surface area contributed by atoms with E-state index in [-0.39, 0.29) is 5.91 Å². The molecule has 4 aromatic carbocycles. The van der Waals surface area contributed by atoms with Gasteiger partial charge < -0.3 is 5.32 Å². The van der Waals surface area contributed by atoms with Crippen molar-refractivity contribution in [3.63, 3.8) is 0 Å². The van der Waals surface area contributed by atoms with E-state index in [1.54, 1.807) is 11.8 Å². The van der Waals surface area contributed by atoms with Gasteiger partial charge in [-0.1, -0.05) is 109 Å². The zero-order valence-electron chi connectivity index (χ0n) is 20.8. The number of carbonyl (C=O) groups excluding carboxylic acids is 1. The summed E-state index contributed by atoms with van der Waals surface area (Å²) in [6, 6.07) is 38.9. The first-order valence-electron chi connectivity index (χ1n) is 12.5. The Hall–Kier alpha value is -4.09. The summed E-state index contributed by atoms with van der Waals surface area (Å²) < 4.78 is 2.26. The Morgan fingerprint density at radius 2 is 1.38 bits per heavy atom. The van der Waals surface area contributed by atoms with Crippen LogP contribution in [0.4, 0.5) is 0 Å². The second kappa shape index (κ2) is 11.8. The number of amides is 1. The minimum atomic E-state index is -0.0217. The van der Waals surface area contributed by atoms with Crippen LogP contribution in [-0.2, 0) is 0 Å². The summed E-state index contributed by atoms with van der Waals surface area (Å²) in [5.41, 5.74) is 7.04. The van der Waals surface area contributed by atoms with E-state index in [1.165, 1.54) is 0 Å². The fraction of sp³-hybridized carbons (Fsp3) is 0.125. The van der Waals surface area contributed by atoms with Crippen molar-refractivity contribution in [2.45, 2.75) is 18.5 Å². The van der Waals surface area contributed by atoms with Crippen LogP contribution >= 0.6 is 11.8 Å². The lowest BCUT2D eigenvalue weighted by molar-refractivity contribution is 0.0953. The maximum absolute atomic E-state index is 12.6. The predicted molar refractivity (Wildman–Crippen MR) is 153 cm³/mol. The van der Waals surface area contributed by atoms with Crippen molar-refractivity contribution in [3.8, 4) is 28.2 Å². The van der Waals surface area contributed by atoms with Gasteiger partial charge >= 0.3 is 0 Å². The maximum atomic E-state index is 12.6. The molecule has 0 spiro atoms. The van der Waals surface area contributed by atoms with Crippen LogP contribution in [0.2, 0.25) is 0 Å². The second-order valence-corrected chi connectivity index (χ2v) is 9.83. The van der Waals surface area contributed by atoms with Gasteiger partial charge in [0.15, 0.2) is 5.16 Å². The number of carbonyl (C=O) groups is 1. The number of imidazole rings is 1. The monoisotopic (exact) mass is 503 g/mol. The topological polar surface area (TPSA) is 46.9 Å². The van der Waals surface area contributed by atoms with Crippen LogP contribution in [0.5, 0.6) is 0 Å². The lowest BCUT2D eigenvalue weighted by atomic mass is 10.0. The molecule has 5 aromatic rings. The molecule has 1 amide bonds.